The van der Waals surface area contributed by atoms with Gasteiger partial charge in [-0.15, -0.1) is 0 Å². The number of likely N-dealkylation sites (tertiary alicyclic amines) is 1. The van der Waals surface area contributed by atoms with Crippen molar-refractivity contribution >= 4 is 6.03 Å². The topological polar surface area (TPSA) is 41.6 Å². The van der Waals surface area contributed by atoms with E-state index in [1.165, 1.54) is 11.1 Å². The molecule has 26 heavy (non-hydrogen) atoms. The first-order chi connectivity index (χ1) is 12.7. The Hall–Kier alpha value is -2.33. The first kappa shape index (κ1) is 17.1. The zero-order valence-corrected chi connectivity index (χ0v) is 15.3. The van der Waals surface area contributed by atoms with Gasteiger partial charge in [0.1, 0.15) is 0 Å². The van der Waals surface area contributed by atoms with Gasteiger partial charge in [0.2, 0.25) is 0 Å². The van der Waals surface area contributed by atoms with Gasteiger partial charge >= 0.3 is 6.03 Å². The van der Waals surface area contributed by atoms with E-state index in [4.69, 9.17) is 4.74 Å². The maximum Gasteiger partial charge on any atom is 0.317 e. The maximum atomic E-state index is 12.6. The summed E-state index contributed by atoms with van der Waals surface area (Å²) < 4.78 is 5.73. The molecule has 2 aromatic carbocycles. The molecule has 2 aromatic rings. The third-order valence-corrected chi connectivity index (χ3v) is 5.79. The van der Waals surface area contributed by atoms with Crippen LogP contribution in [0, 0.1) is 0 Å². The van der Waals surface area contributed by atoms with E-state index in [1.807, 2.05) is 30.0 Å². The Morgan fingerprint density at radius 2 is 1.62 bits per heavy atom. The zero-order chi connectivity index (χ0) is 18.0. The molecule has 2 aliphatic rings. The minimum atomic E-state index is -0.0110. The van der Waals surface area contributed by atoms with Crippen LogP contribution in [0.25, 0.3) is 11.1 Å². The highest BCUT2D eigenvalue weighted by Gasteiger charge is 2.42. The summed E-state index contributed by atoms with van der Waals surface area (Å²) in [5.41, 5.74) is 3.59. The van der Waals surface area contributed by atoms with E-state index >= 15 is 0 Å². The zero-order valence-electron chi connectivity index (χ0n) is 15.3. The minimum absolute atomic E-state index is 0.0110. The molecule has 2 aliphatic heterocycles. The number of ether oxygens (including phenoxy) is 1. The van der Waals surface area contributed by atoms with Crippen molar-refractivity contribution < 1.29 is 9.53 Å². The molecule has 4 rings (SSSR count). The van der Waals surface area contributed by atoms with Gasteiger partial charge in [-0.05, 0) is 42.9 Å². The number of benzene rings is 2. The van der Waals surface area contributed by atoms with Crippen molar-refractivity contribution in [2.24, 2.45) is 0 Å². The molecular weight excluding hydrogens is 324 g/mol. The third kappa shape index (κ3) is 3.47. The van der Waals surface area contributed by atoms with Crippen LogP contribution < -0.4 is 5.32 Å². The van der Waals surface area contributed by atoms with Crippen molar-refractivity contribution in [3.8, 4) is 11.1 Å². The largest absolute Gasteiger partial charge is 0.375 e. The van der Waals surface area contributed by atoms with Gasteiger partial charge in [-0.25, -0.2) is 4.79 Å². The van der Waals surface area contributed by atoms with E-state index < -0.39 is 0 Å². The molecule has 2 amide bonds. The predicted octanol–water partition coefficient (Wildman–Crippen LogP) is 4.38. The average molecular weight is 350 g/mol. The summed E-state index contributed by atoms with van der Waals surface area (Å²) in [6, 6.07) is 18.8. The van der Waals surface area contributed by atoms with E-state index in [-0.39, 0.29) is 17.7 Å². The second-order valence-electron chi connectivity index (χ2n) is 7.43. The van der Waals surface area contributed by atoms with Gasteiger partial charge in [-0.3, -0.25) is 0 Å². The lowest BCUT2D eigenvalue weighted by Gasteiger charge is -2.47. The lowest BCUT2D eigenvalue weighted by atomic mass is 9.84. The van der Waals surface area contributed by atoms with Gasteiger partial charge in [0.05, 0.1) is 18.2 Å². The summed E-state index contributed by atoms with van der Waals surface area (Å²) in [4.78, 5) is 14.5. The lowest BCUT2D eigenvalue weighted by Crippen LogP contribution is -2.55. The van der Waals surface area contributed by atoms with Crippen molar-refractivity contribution in [3.63, 3.8) is 0 Å². The van der Waals surface area contributed by atoms with Gasteiger partial charge in [0, 0.05) is 13.1 Å². The van der Waals surface area contributed by atoms with Crippen molar-refractivity contribution in [2.75, 3.05) is 19.7 Å². The Bertz CT molecular complexity index is 743. The third-order valence-electron chi connectivity index (χ3n) is 5.79. The average Bonchev–Trinajstić information content (AvgIpc) is 2.67. The number of carbonyl (C=O) groups excluding carboxylic acids is 1. The molecule has 0 bridgehead atoms. The molecule has 1 spiro atoms. The smallest absolute Gasteiger partial charge is 0.317 e. The van der Waals surface area contributed by atoms with E-state index in [0.717, 1.165) is 44.5 Å². The molecule has 1 unspecified atom stereocenters. The van der Waals surface area contributed by atoms with Crippen LogP contribution in [0.4, 0.5) is 4.79 Å². The normalized spacial score (nSPS) is 19.7. The van der Waals surface area contributed by atoms with E-state index in [9.17, 15) is 4.79 Å². The second kappa shape index (κ2) is 7.12. The molecular formula is C22H26N2O2. The minimum Gasteiger partial charge on any atom is -0.375 e. The summed E-state index contributed by atoms with van der Waals surface area (Å²) in [6.45, 7) is 4.48. The summed E-state index contributed by atoms with van der Waals surface area (Å²) in [5, 5.41) is 3.13. The van der Waals surface area contributed by atoms with Gasteiger partial charge in [-0.2, -0.15) is 0 Å². The van der Waals surface area contributed by atoms with E-state index in [0.29, 0.717) is 0 Å². The van der Waals surface area contributed by atoms with Crippen molar-refractivity contribution in [1.29, 1.82) is 0 Å². The summed E-state index contributed by atoms with van der Waals surface area (Å²) in [5.74, 6) is 0. The van der Waals surface area contributed by atoms with Crippen LogP contribution in [-0.4, -0.2) is 36.2 Å². The van der Waals surface area contributed by atoms with Crippen molar-refractivity contribution in [2.45, 2.75) is 37.8 Å². The predicted molar refractivity (Wildman–Crippen MR) is 103 cm³/mol. The van der Waals surface area contributed by atoms with Crippen LogP contribution in [0.3, 0.4) is 0 Å². The number of piperidine rings is 1. The Kier molecular flexibility index (Phi) is 4.68. The summed E-state index contributed by atoms with van der Waals surface area (Å²) >= 11 is 0. The Morgan fingerprint density at radius 1 is 1.00 bits per heavy atom. The highest BCUT2D eigenvalue weighted by atomic mass is 16.5. The Labute approximate surface area is 155 Å². The van der Waals surface area contributed by atoms with E-state index in [1.54, 1.807) is 0 Å². The Morgan fingerprint density at radius 3 is 2.19 bits per heavy atom. The SMILES string of the molecule is CC(NC(=O)N1CCC2(CCO2)CC1)c1ccc(-c2ccccc2)cc1. The quantitative estimate of drug-likeness (QED) is 0.892. The first-order valence-corrected chi connectivity index (χ1v) is 9.50. The van der Waals surface area contributed by atoms with Crippen LogP contribution in [0.15, 0.2) is 54.6 Å². The monoisotopic (exact) mass is 350 g/mol. The molecule has 1 atom stereocenters. The van der Waals surface area contributed by atoms with Gasteiger partial charge in [0.25, 0.3) is 0 Å². The summed E-state index contributed by atoms with van der Waals surface area (Å²) in [7, 11) is 0. The number of nitrogens with zero attached hydrogens (tertiary/aromatic N) is 1. The van der Waals surface area contributed by atoms with Crippen LogP contribution >= 0.6 is 0 Å². The molecule has 2 saturated heterocycles. The molecule has 0 radical (unpaired) electrons. The van der Waals surface area contributed by atoms with Crippen molar-refractivity contribution in [1.82, 2.24) is 10.2 Å². The number of nitrogens with one attached hydrogen (secondary N) is 1. The second-order valence-corrected chi connectivity index (χ2v) is 7.43. The number of hydrogen-bond donors (Lipinski definition) is 1. The first-order valence-electron chi connectivity index (χ1n) is 9.50. The van der Waals surface area contributed by atoms with Crippen LogP contribution in [-0.2, 0) is 4.74 Å². The molecule has 4 heteroatoms. The fourth-order valence-electron chi connectivity index (χ4n) is 3.86. The highest BCUT2D eigenvalue weighted by molar-refractivity contribution is 5.75. The van der Waals surface area contributed by atoms with Gasteiger partial charge < -0.3 is 15.0 Å². The lowest BCUT2D eigenvalue weighted by molar-refractivity contribution is -0.169. The molecule has 0 aromatic heterocycles. The molecule has 0 aliphatic carbocycles. The van der Waals surface area contributed by atoms with Crippen LogP contribution in [0.1, 0.15) is 37.8 Å². The fourth-order valence-corrected chi connectivity index (χ4v) is 3.86. The van der Waals surface area contributed by atoms with Crippen molar-refractivity contribution in [3.05, 3.63) is 60.2 Å². The number of rotatable bonds is 3. The summed E-state index contributed by atoms with van der Waals surface area (Å²) in [6.07, 6.45) is 3.06. The Balaban J connectivity index is 1.34. The van der Waals surface area contributed by atoms with Crippen LogP contribution in [0.2, 0.25) is 0 Å². The molecule has 4 nitrogen and oxygen atoms in total. The maximum absolute atomic E-state index is 12.6. The molecule has 2 fully saturated rings. The standard InChI is InChI=1S/C22H26N2O2/c1-17(18-7-9-20(10-8-18)19-5-3-2-4-6-19)23-21(25)24-14-11-22(12-15-24)13-16-26-22/h2-10,17H,11-16H2,1H3,(H,23,25). The number of carbonyl (C=O) groups is 1. The number of urea groups is 1. The molecule has 0 saturated carbocycles. The van der Waals surface area contributed by atoms with Gasteiger partial charge in [0.15, 0.2) is 0 Å². The number of hydrogen-bond acceptors (Lipinski definition) is 2. The van der Waals surface area contributed by atoms with E-state index in [2.05, 4.69) is 41.7 Å². The van der Waals surface area contributed by atoms with Gasteiger partial charge in [-0.1, -0.05) is 54.6 Å². The molecule has 2 heterocycles. The molecule has 136 valence electrons. The van der Waals surface area contributed by atoms with Crippen LogP contribution in [0.5, 0.6) is 0 Å². The molecule has 1 N–H and O–H groups in total. The highest BCUT2D eigenvalue weighted by Crippen LogP contribution is 2.36. The number of amides is 2. The fraction of sp³-hybridized carbons (Fsp3) is 0.409.